The van der Waals surface area contributed by atoms with Crippen molar-refractivity contribution in [2.75, 3.05) is 13.1 Å². The Morgan fingerprint density at radius 2 is 1.91 bits per heavy atom. The maximum absolute atomic E-state index is 12.7. The summed E-state index contributed by atoms with van der Waals surface area (Å²) in [6.45, 7) is 10.1. The average molecular weight is 309 g/mol. The average Bonchev–Trinajstić information content (AvgIpc) is 2.80. The summed E-state index contributed by atoms with van der Waals surface area (Å²) in [5.74, 6) is -1.05. The topological polar surface area (TPSA) is 75.4 Å². The van der Waals surface area contributed by atoms with Crippen LogP contribution in [0.5, 0.6) is 0 Å². The number of nitrogens with zero attached hydrogens (tertiary/aromatic N) is 3. The standard InChI is InChI=1S/C16H27N3O3/c1-6-13(7-2)19-12(5)14(8-17-19)16(22)18(9-11(3)4)10-15(20)21/h8,11,13H,6-7,9-10H2,1-5H3,(H,20,21). The third kappa shape index (κ3) is 4.32. The van der Waals surface area contributed by atoms with Crippen LogP contribution >= 0.6 is 0 Å². The molecule has 0 aliphatic rings. The molecular formula is C16H27N3O3. The number of amides is 1. The number of rotatable bonds is 8. The molecule has 1 aromatic rings. The first-order chi connectivity index (χ1) is 10.3. The molecule has 0 bridgehead atoms. The molecule has 6 heteroatoms. The third-order valence-corrected chi connectivity index (χ3v) is 3.76. The fourth-order valence-corrected chi connectivity index (χ4v) is 2.63. The summed E-state index contributed by atoms with van der Waals surface area (Å²) in [4.78, 5) is 25.0. The number of hydrogen-bond donors (Lipinski definition) is 1. The van der Waals surface area contributed by atoms with Gasteiger partial charge in [0.1, 0.15) is 6.54 Å². The van der Waals surface area contributed by atoms with Crippen LogP contribution in [-0.2, 0) is 4.79 Å². The van der Waals surface area contributed by atoms with Crippen molar-refractivity contribution in [3.8, 4) is 0 Å². The molecule has 1 rings (SSSR count). The molecule has 0 aromatic carbocycles. The lowest BCUT2D eigenvalue weighted by Gasteiger charge is -2.23. The van der Waals surface area contributed by atoms with E-state index >= 15 is 0 Å². The van der Waals surface area contributed by atoms with E-state index in [1.807, 2.05) is 25.5 Å². The highest BCUT2D eigenvalue weighted by Crippen LogP contribution is 2.20. The first-order valence-electron chi connectivity index (χ1n) is 7.86. The van der Waals surface area contributed by atoms with Gasteiger partial charge in [-0.05, 0) is 25.7 Å². The Morgan fingerprint density at radius 1 is 1.32 bits per heavy atom. The van der Waals surface area contributed by atoms with Crippen molar-refractivity contribution in [2.24, 2.45) is 5.92 Å². The second-order valence-electron chi connectivity index (χ2n) is 6.03. The highest BCUT2D eigenvalue weighted by atomic mass is 16.4. The molecule has 1 aromatic heterocycles. The summed E-state index contributed by atoms with van der Waals surface area (Å²) in [5, 5.41) is 13.4. The first-order valence-corrected chi connectivity index (χ1v) is 7.86. The summed E-state index contributed by atoms with van der Waals surface area (Å²) in [7, 11) is 0. The number of hydrogen-bond acceptors (Lipinski definition) is 3. The normalized spacial score (nSPS) is 11.2. The van der Waals surface area contributed by atoms with Gasteiger partial charge in [-0.3, -0.25) is 14.3 Å². The summed E-state index contributed by atoms with van der Waals surface area (Å²) in [5.41, 5.74) is 1.30. The Kier molecular flexibility index (Phi) is 6.59. The fraction of sp³-hybridized carbons (Fsp3) is 0.688. The predicted molar refractivity (Wildman–Crippen MR) is 85.0 cm³/mol. The van der Waals surface area contributed by atoms with E-state index in [9.17, 15) is 9.59 Å². The lowest BCUT2D eigenvalue weighted by molar-refractivity contribution is -0.137. The molecule has 0 saturated carbocycles. The van der Waals surface area contributed by atoms with Crippen LogP contribution in [0.1, 0.15) is 62.6 Å². The highest BCUT2D eigenvalue weighted by molar-refractivity contribution is 5.96. The van der Waals surface area contributed by atoms with Crippen molar-refractivity contribution >= 4 is 11.9 Å². The molecule has 0 atom stereocenters. The van der Waals surface area contributed by atoms with E-state index in [4.69, 9.17) is 5.11 Å². The van der Waals surface area contributed by atoms with Gasteiger partial charge in [-0.1, -0.05) is 27.7 Å². The van der Waals surface area contributed by atoms with Crippen molar-refractivity contribution in [3.63, 3.8) is 0 Å². The van der Waals surface area contributed by atoms with E-state index in [0.717, 1.165) is 18.5 Å². The summed E-state index contributed by atoms with van der Waals surface area (Å²) < 4.78 is 1.88. The zero-order valence-electron chi connectivity index (χ0n) is 14.2. The Hall–Kier alpha value is -1.85. The molecule has 6 nitrogen and oxygen atoms in total. The zero-order chi connectivity index (χ0) is 16.9. The van der Waals surface area contributed by atoms with Crippen LogP contribution in [0.3, 0.4) is 0 Å². The molecule has 1 heterocycles. The molecule has 124 valence electrons. The van der Waals surface area contributed by atoms with Gasteiger partial charge in [0.25, 0.3) is 5.91 Å². The molecule has 0 spiro atoms. The van der Waals surface area contributed by atoms with Gasteiger partial charge in [0.15, 0.2) is 0 Å². The van der Waals surface area contributed by atoms with Crippen LogP contribution in [0, 0.1) is 12.8 Å². The zero-order valence-corrected chi connectivity index (χ0v) is 14.2. The number of carbonyl (C=O) groups is 2. The van der Waals surface area contributed by atoms with Crippen molar-refractivity contribution in [2.45, 2.75) is 53.5 Å². The smallest absolute Gasteiger partial charge is 0.323 e. The van der Waals surface area contributed by atoms with Crippen LogP contribution in [0.4, 0.5) is 0 Å². The summed E-state index contributed by atoms with van der Waals surface area (Å²) in [6, 6.07) is 0.263. The van der Waals surface area contributed by atoms with Crippen LogP contribution in [0.2, 0.25) is 0 Å². The Labute approximate surface area is 132 Å². The van der Waals surface area contributed by atoms with Gasteiger partial charge in [0.2, 0.25) is 0 Å². The number of aromatic nitrogens is 2. The number of aliphatic carboxylic acids is 1. The molecular weight excluding hydrogens is 282 g/mol. The van der Waals surface area contributed by atoms with Crippen LogP contribution < -0.4 is 0 Å². The minimum Gasteiger partial charge on any atom is -0.480 e. The molecule has 0 aliphatic carbocycles. The molecule has 0 unspecified atom stereocenters. The Bertz CT molecular complexity index is 519. The molecule has 22 heavy (non-hydrogen) atoms. The van der Waals surface area contributed by atoms with Gasteiger partial charge in [-0.25, -0.2) is 0 Å². The monoisotopic (exact) mass is 309 g/mol. The van der Waals surface area contributed by atoms with Crippen LogP contribution in [-0.4, -0.2) is 44.8 Å². The quantitative estimate of drug-likeness (QED) is 0.801. The van der Waals surface area contributed by atoms with Crippen molar-refractivity contribution < 1.29 is 14.7 Å². The minimum atomic E-state index is -1.00. The number of carbonyl (C=O) groups excluding carboxylic acids is 1. The lowest BCUT2D eigenvalue weighted by atomic mass is 10.1. The molecule has 0 fully saturated rings. The highest BCUT2D eigenvalue weighted by Gasteiger charge is 2.24. The van der Waals surface area contributed by atoms with Crippen LogP contribution in [0.25, 0.3) is 0 Å². The van der Waals surface area contributed by atoms with Crippen LogP contribution in [0.15, 0.2) is 6.20 Å². The van der Waals surface area contributed by atoms with Gasteiger partial charge in [-0.2, -0.15) is 5.10 Å². The first kappa shape index (κ1) is 18.2. The van der Waals surface area contributed by atoms with Crippen molar-refractivity contribution in [1.82, 2.24) is 14.7 Å². The SMILES string of the molecule is CCC(CC)n1ncc(C(=O)N(CC(=O)O)CC(C)C)c1C. The van der Waals surface area contributed by atoms with Gasteiger partial charge in [-0.15, -0.1) is 0 Å². The largest absolute Gasteiger partial charge is 0.480 e. The molecule has 1 N–H and O–H groups in total. The predicted octanol–water partition coefficient (Wildman–Crippen LogP) is 2.74. The molecule has 1 amide bonds. The van der Waals surface area contributed by atoms with E-state index in [0.29, 0.717) is 12.1 Å². The molecule has 0 aliphatic heterocycles. The van der Waals surface area contributed by atoms with E-state index in [1.165, 1.54) is 4.90 Å². The maximum Gasteiger partial charge on any atom is 0.323 e. The molecule has 0 saturated heterocycles. The van der Waals surface area contributed by atoms with E-state index in [1.54, 1.807) is 6.20 Å². The van der Waals surface area contributed by atoms with Crippen molar-refractivity contribution in [1.29, 1.82) is 0 Å². The van der Waals surface area contributed by atoms with Gasteiger partial charge in [0, 0.05) is 12.2 Å². The fourth-order valence-electron chi connectivity index (χ4n) is 2.63. The second-order valence-corrected chi connectivity index (χ2v) is 6.03. The van der Waals surface area contributed by atoms with Gasteiger partial charge >= 0.3 is 5.97 Å². The number of carboxylic acids is 1. The second kappa shape index (κ2) is 7.96. The van der Waals surface area contributed by atoms with E-state index in [2.05, 4.69) is 18.9 Å². The summed E-state index contributed by atoms with van der Waals surface area (Å²) >= 11 is 0. The molecule has 0 radical (unpaired) electrons. The van der Waals surface area contributed by atoms with Gasteiger partial charge < -0.3 is 10.0 Å². The number of carboxylic acid groups (broad SMARTS) is 1. The van der Waals surface area contributed by atoms with E-state index < -0.39 is 5.97 Å². The third-order valence-electron chi connectivity index (χ3n) is 3.76. The lowest BCUT2D eigenvalue weighted by Crippen LogP contribution is -2.38. The minimum absolute atomic E-state index is 0.206. The summed E-state index contributed by atoms with van der Waals surface area (Å²) in [6.07, 6.45) is 3.44. The van der Waals surface area contributed by atoms with Gasteiger partial charge in [0.05, 0.1) is 17.8 Å². The van der Waals surface area contributed by atoms with Crippen molar-refractivity contribution in [3.05, 3.63) is 17.5 Å². The Morgan fingerprint density at radius 3 is 2.36 bits per heavy atom. The Balaban J connectivity index is 3.06. The van der Waals surface area contributed by atoms with E-state index in [-0.39, 0.29) is 24.4 Å². The maximum atomic E-state index is 12.7.